The molecular formula is C46H54F3N9O5. The molecule has 1 aliphatic rings. The number of likely N-dealkylation sites (N-methyl/N-ethyl adjacent to an activating group) is 1. The molecule has 2 aromatic carbocycles. The highest BCUT2D eigenvalue weighted by Crippen LogP contribution is 2.36. The van der Waals surface area contributed by atoms with E-state index in [9.17, 15) is 27.9 Å². The van der Waals surface area contributed by atoms with Gasteiger partial charge in [-0.25, -0.2) is 23.1 Å². The van der Waals surface area contributed by atoms with Gasteiger partial charge in [0.05, 0.1) is 29.1 Å². The van der Waals surface area contributed by atoms with Gasteiger partial charge in [0.1, 0.15) is 34.5 Å². The van der Waals surface area contributed by atoms with Crippen molar-refractivity contribution in [3.63, 3.8) is 0 Å². The number of methoxy groups -OCH3 is 1. The zero-order valence-electron chi connectivity index (χ0n) is 36.7. The SMILES string of the molecule is CCN(CC)CCNC(=O)c1c(C)[nH]c(/C=C2\C(=O)Nc3ccc(F)cc32)c1C.COCC[C@H](C)Nc1nc2ccc(-c3[nH]c(C(C)(C)CO)nc3-c3ccc(F)cc3F)nc2o1. The first-order valence-electron chi connectivity index (χ1n) is 20.8. The van der Waals surface area contributed by atoms with Crippen LogP contribution in [0.5, 0.6) is 0 Å². The predicted octanol–water partition coefficient (Wildman–Crippen LogP) is 8.00. The van der Waals surface area contributed by atoms with Crippen LogP contribution >= 0.6 is 0 Å². The molecule has 2 amide bonds. The minimum atomic E-state index is -0.751. The number of hydrogen-bond donors (Lipinski definition) is 6. The Labute approximate surface area is 363 Å². The van der Waals surface area contributed by atoms with Crippen molar-refractivity contribution in [1.82, 2.24) is 35.1 Å². The van der Waals surface area contributed by atoms with Crippen LogP contribution in [0.4, 0.5) is 24.9 Å². The minimum absolute atomic E-state index is 0.0800. The van der Waals surface area contributed by atoms with Gasteiger partial charge in [0.2, 0.25) is 5.71 Å². The van der Waals surface area contributed by atoms with E-state index in [4.69, 9.17) is 9.15 Å². The number of aromatic amines is 2. The van der Waals surface area contributed by atoms with E-state index in [1.807, 2.05) is 20.8 Å². The quantitative estimate of drug-likeness (QED) is 0.0521. The number of carbonyl (C=O) groups is 2. The topological polar surface area (TPSA) is 186 Å². The number of aromatic nitrogens is 5. The van der Waals surface area contributed by atoms with Gasteiger partial charge in [-0.1, -0.05) is 27.7 Å². The molecule has 1 atom stereocenters. The zero-order chi connectivity index (χ0) is 45.6. The molecule has 14 nitrogen and oxygen atoms in total. The highest BCUT2D eigenvalue weighted by Gasteiger charge is 2.29. The molecule has 0 bridgehead atoms. The fraction of sp³-hybridized carbons (Fsp3) is 0.370. The monoisotopic (exact) mass is 869 g/mol. The van der Waals surface area contributed by atoms with Gasteiger partial charge in [0, 0.05) is 72.5 Å². The Hall–Kier alpha value is -6.30. The number of H-pyrrole nitrogens is 2. The molecule has 334 valence electrons. The van der Waals surface area contributed by atoms with Gasteiger partial charge in [0.15, 0.2) is 0 Å². The number of nitrogens with zero attached hydrogens (tertiary/aromatic N) is 4. The first-order chi connectivity index (χ1) is 30.1. The first kappa shape index (κ1) is 46.2. The number of anilines is 2. The number of fused-ring (bicyclic) bond motifs is 2. The summed E-state index contributed by atoms with van der Waals surface area (Å²) in [5, 5.41) is 18.7. The Morgan fingerprint density at radius 1 is 1.00 bits per heavy atom. The van der Waals surface area contributed by atoms with Crippen molar-refractivity contribution in [1.29, 1.82) is 0 Å². The van der Waals surface area contributed by atoms with Gasteiger partial charge in [-0.2, -0.15) is 4.98 Å². The maximum Gasteiger partial charge on any atom is 0.297 e. The van der Waals surface area contributed by atoms with E-state index in [1.54, 1.807) is 45.2 Å². The van der Waals surface area contributed by atoms with Crippen molar-refractivity contribution in [2.24, 2.45) is 0 Å². The molecular weight excluding hydrogens is 816 g/mol. The van der Waals surface area contributed by atoms with Crippen molar-refractivity contribution < 1.29 is 37.0 Å². The molecule has 0 saturated carbocycles. The number of carbonyl (C=O) groups excluding carboxylic acids is 2. The number of ether oxygens (including phenoxy) is 1. The first-order valence-corrected chi connectivity index (χ1v) is 20.8. The van der Waals surface area contributed by atoms with E-state index >= 15 is 0 Å². The average Bonchev–Trinajstić information content (AvgIpc) is 4.02. The summed E-state index contributed by atoms with van der Waals surface area (Å²) < 4.78 is 52.7. The second kappa shape index (κ2) is 19.8. The number of pyridine rings is 1. The number of aliphatic hydroxyl groups is 1. The molecule has 1 aliphatic heterocycles. The fourth-order valence-electron chi connectivity index (χ4n) is 7.09. The van der Waals surface area contributed by atoms with Crippen molar-refractivity contribution in [3.8, 4) is 22.6 Å². The molecule has 7 rings (SSSR count). The lowest BCUT2D eigenvalue weighted by Gasteiger charge is -2.18. The second-order valence-corrected chi connectivity index (χ2v) is 16.0. The zero-order valence-corrected chi connectivity index (χ0v) is 36.7. The number of amides is 2. The normalized spacial score (nSPS) is 13.6. The maximum atomic E-state index is 14.7. The maximum absolute atomic E-state index is 14.7. The lowest BCUT2D eigenvalue weighted by atomic mass is 9.94. The molecule has 6 N–H and O–H groups in total. The number of hydrogen-bond acceptors (Lipinski definition) is 10. The van der Waals surface area contributed by atoms with Gasteiger partial charge >= 0.3 is 0 Å². The fourth-order valence-corrected chi connectivity index (χ4v) is 7.09. The highest BCUT2D eigenvalue weighted by molar-refractivity contribution is 6.35. The summed E-state index contributed by atoms with van der Waals surface area (Å²) in [4.78, 5) is 47.2. The van der Waals surface area contributed by atoms with Crippen LogP contribution in [-0.2, 0) is 14.9 Å². The third-order valence-electron chi connectivity index (χ3n) is 10.9. The van der Waals surface area contributed by atoms with Crippen LogP contribution in [0.2, 0.25) is 0 Å². The third kappa shape index (κ3) is 10.5. The largest absolute Gasteiger partial charge is 0.404 e. The summed E-state index contributed by atoms with van der Waals surface area (Å²) in [5.74, 6) is -1.83. The molecule has 0 aliphatic carbocycles. The summed E-state index contributed by atoms with van der Waals surface area (Å²) in [6.07, 6.45) is 2.45. The van der Waals surface area contributed by atoms with E-state index in [0.717, 1.165) is 43.4 Å². The third-order valence-corrected chi connectivity index (χ3v) is 10.9. The summed E-state index contributed by atoms with van der Waals surface area (Å²) in [7, 11) is 1.65. The summed E-state index contributed by atoms with van der Waals surface area (Å²) >= 11 is 0. The van der Waals surface area contributed by atoms with E-state index in [2.05, 4.69) is 59.6 Å². The predicted molar refractivity (Wildman–Crippen MR) is 238 cm³/mol. The van der Waals surface area contributed by atoms with Crippen LogP contribution in [-0.4, -0.2) is 99.3 Å². The van der Waals surface area contributed by atoms with E-state index in [1.165, 1.54) is 24.3 Å². The van der Waals surface area contributed by atoms with Crippen molar-refractivity contribution in [2.45, 2.75) is 66.3 Å². The van der Waals surface area contributed by atoms with Gasteiger partial charge in [-0.15, -0.1) is 0 Å². The van der Waals surface area contributed by atoms with Crippen LogP contribution in [0.25, 0.3) is 45.5 Å². The van der Waals surface area contributed by atoms with Crippen molar-refractivity contribution >= 4 is 46.4 Å². The number of nitrogens with one attached hydrogen (secondary N) is 5. The highest BCUT2D eigenvalue weighted by atomic mass is 19.1. The smallest absolute Gasteiger partial charge is 0.297 e. The van der Waals surface area contributed by atoms with Gasteiger partial charge < -0.3 is 45.1 Å². The number of benzene rings is 2. The standard InChI is InChI=1S/C24H27F2N5O3.C22H27FN4O2/c1-13(9-10-33-4)27-23-29-18-8-7-17(28-21(18)34-23)20-19(15-6-5-14(25)11-16(15)26)30-22(31-20)24(2,3)12-32;1-5-27(6-2)10-9-24-22(29)20-13(3)19(25-14(20)4)12-17-16-11-15(23)7-8-18(16)26-21(17)28/h5-8,11,13,32H,9-10,12H2,1-4H3,(H,27,29)(H,30,31);7-8,11-12,25H,5-6,9-10H2,1-4H3,(H,24,29)(H,26,28)/b;17-12-/t13-;/m0./s1. The van der Waals surface area contributed by atoms with Crippen LogP contribution in [0.15, 0.2) is 52.9 Å². The molecule has 6 aromatic rings. The number of halogens is 3. The summed E-state index contributed by atoms with van der Waals surface area (Å²) in [5.41, 5.74) is 5.55. The van der Waals surface area contributed by atoms with E-state index < -0.39 is 22.9 Å². The molecule has 0 radical (unpaired) electrons. The number of oxazole rings is 1. The van der Waals surface area contributed by atoms with Gasteiger partial charge in [-0.3, -0.25) is 9.59 Å². The molecule has 63 heavy (non-hydrogen) atoms. The lowest BCUT2D eigenvalue weighted by Crippen LogP contribution is -2.35. The average molecular weight is 870 g/mol. The number of aliphatic hydroxyl groups excluding tert-OH is 1. The molecule has 0 spiro atoms. The van der Waals surface area contributed by atoms with Crippen molar-refractivity contribution in [2.75, 3.05) is 57.1 Å². The van der Waals surface area contributed by atoms with Crippen LogP contribution in [0.3, 0.4) is 0 Å². The Bertz CT molecular complexity index is 2630. The van der Waals surface area contributed by atoms with Crippen LogP contribution < -0.4 is 16.0 Å². The number of aryl methyl sites for hydroxylation is 1. The number of rotatable bonds is 16. The molecule has 5 heterocycles. The molecule has 0 unspecified atom stereocenters. The summed E-state index contributed by atoms with van der Waals surface area (Å²) in [6, 6.07) is 11.4. The second-order valence-electron chi connectivity index (χ2n) is 16.0. The van der Waals surface area contributed by atoms with E-state index in [0.29, 0.717) is 75.7 Å². The van der Waals surface area contributed by atoms with Crippen LogP contribution in [0, 0.1) is 31.3 Å². The Morgan fingerprint density at radius 2 is 1.73 bits per heavy atom. The molecule has 17 heteroatoms. The number of imidazole rings is 1. The molecule has 0 saturated heterocycles. The van der Waals surface area contributed by atoms with Crippen LogP contribution in [0.1, 0.15) is 79.7 Å². The van der Waals surface area contributed by atoms with E-state index in [-0.39, 0.29) is 35.7 Å². The molecule has 4 aromatic heterocycles. The molecule has 0 fully saturated rings. The lowest BCUT2D eigenvalue weighted by molar-refractivity contribution is -0.110. The Kier molecular flexibility index (Phi) is 14.5. The minimum Gasteiger partial charge on any atom is -0.404 e. The Morgan fingerprint density at radius 3 is 2.43 bits per heavy atom. The summed E-state index contributed by atoms with van der Waals surface area (Å²) in [6.45, 7) is 17.1. The van der Waals surface area contributed by atoms with Gasteiger partial charge in [-0.05, 0) is 94.4 Å². The van der Waals surface area contributed by atoms with Gasteiger partial charge in [0.25, 0.3) is 17.8 Å². The Balaban J connectivity index is 0.000000213. The van der Waals surface area contributed by atoms with Crippen molar-refractivity contribution in [3.05, 3.63) is 99.9 Å².